The van der Waals surface area contributed by atoms with Gasteiger partial charge in [0.25, 0.3) is 0 Å². The van der Waals surface area contributed by atoms with Crippen molar-refractivity contribution in [2.45, 2.75) is 6.92 Å². The Morgan fingerprint density at radius 1 is 0.909 bits per heavy atom. The molecule has 0 saturated heterocycles. The Labute approximate surface area is 130 Å². The van der Waals surface area contributed by atoms with Gasteiger partial charge < -0.3 is 14.8 Å². The standard InChI is InChI=1S/C18H19NO3/c1-13(19-15-6-10-17(22-3)11-7-15)12-18(20)14-4-8-16(21-2)9-5-14/h4-12,19H,1-3H3/b13-12+. The number of ether oxygens (including phenoxy) is 2. The van der Waals surface area contributed by atoms with E-state index in [4.69, 9.17) is 9.47 Å². The second-order valence-corrected chi connectivity index (χ2v) is 4.77. The van der Waals surface area contributed by atoms with E-state index in [-0.39, 0.29) is 5.78 Å². The van der Waals surface area contributed by atoms with Crippen LogP contribution in [0.2, 0.25) is 0 Å². The highest BCUT2D eigenvalue weighted by molar-refractivity contribution is 6.05. The normalized spacial score (nSPS) is 11.0. The van der Waals surface area contributed by atoms with Gasteiger partial charge in [0, 0.05) is 23.0 Å². The third kappa shape index (κ3) is 4.12. The van der Waals surface area contributed by atoms with Crippen molar-refractivity contribution in [1.82, 2.24) is 0 Å². The minimum Gasteiger partial charge on any atom is -0.497 e. The molecule has 0 radical (unpaired) electrons. The fourth-order valence-corrected chi connectivity index (χ4v) is 1.97. The van der Waals surface area contributed by atoms with E-state index < -0.39 is 0 Å². The molecule has 0 saturated carbocycles. The van der Waals surface area contributed by atoms with Gasteiger partial charge >= 0.3 is 0 Å². The number of benzene rings is 2. The average molecular weight is 297 g/mol. The van der Waals surface area contributed by atoms with Gasteiger partial charge in [-0.3, -0.25) is 4.79 Å². The molecule has 0 unspecified atom stereocenters. The molecule has 1 N–H and O–H groups in total. The van der Waals surface area contributed by atoms with E-state index in [1.54, 1.807) is 44.6 Å². The summed E-state index contributed by atoms with van der Waals surface area (Å²) in [5, 5.41) is 3.18. The van der Waals surface area contributed by atoms with Crippen LogP contribution in [-0.2, 0) is 0 Å². The average Bonchev–Trinajstić information content (AvgIpc) is 2.55. The summed E-state index contributed by atoms with van der Waals surface area (Å²) in [5.74, 6) is 1.47. The van der Waals surface area contributed by atoms with Crippen molar-refractivity contribution in [3.05, 3.63) is 65.9 Å². The van der Waals surface area contributed by atoms with Crippen LogP contribution in [0.3, 0.4) is 0 Å². The summed E-state index contributed by atoms with van der Waals surface area (Å²) in [6.07, 6.45) is 1.58. The van der Waals surface area contributed by atoms with Crippen molar-refractivity contribution in [2.75, 3.05) is 19.5 Å². The van der Waals surface area contributed by atoms with Gasteiger partial charge in [-0.2, -0.15) is 0 Å². The van der Waals surface area contributed by atoms with Crippen molar-refractivity contribution in [1.29, 1.82) is 0 Å². The van der Waals surface area contributed by atoms with Gasteiger partial charge in [-0.1, -0.05) is 0 Å². The van der Waals surface area contributed by atoms with Crippen LogP contribution < -0.4 is 14.8 Å². The largest absolute Gasteiger partial charge is 0.497 e. The number of allylic oxidation sites excluding steroid dienone is 2. The molecule has 22 heavy (non-hydrogen) atoms. The molecule has 114 valence electrons. The van der Waals surface area contributed by atoms with E-state index in [9.17, 15) is 4.79 Å². The summed E-state index contributed by atoms with van der Waals surface area (Å²) in [6, 6.07) is 14.6. The van der Waals surface area contributed by atoms with Gasteiger partial charge in [-0.25, -0.2) is 0 Å². The fraction of sp³-hybridized carbons (Fsp3) is 0.167. The number of ketones is 1. The number of hydrogen-bond acceptors (Lipinski definition) is 4. The van der Waals surface area contributed by atoms with Crippen molar-refractivity contribution in [3.63, 3.8) is 0 Å². The van der Waals surface area contributed by atoms with Crippen LogP contribution in [0, 0.1) is 0 Å². The molecular weight excluding hydrogens is 278 g/mol. The molecule has 2 aromatic carbocycles. The second-order valence-electron chi connectivity index (χ2n) is 4.77. The van der Waals surface area contributed by atoms with E-state index in [0.717, 1.165) is 22.9 Å². The lowest BCUT2D eigenvalue weighted by atomic mass is 10.1. The molecule has 0 fully saturated rings. The summed E-state index contributed by atoms with van der Waals surface area (Å²) >= 11 is 0. The van der Waals surface area contributed by atoms with Gasteiger partial charge in [0.15, 0.2) is 5.78 Å². The number of anilines is 1. The predicted octanol–water partition coefficient (Wildman–Crippen LogP) is 3.90. The topological polar surface area (TPSA) is 47.6 Å². The molecule has 0 aliphatic rings. The first-order chi connectivity index (χ1) is 10.6. The highest BCUT2D eigenvalue weighted by Crippen LogP contribution is 2.17. The van der Waals surface area contributed by atoms with Crippen LogP contribution in [0.1, 0.15) is 17.3 Å². The van der Waals surface area contributed by atoms with E-state index >= 15 is 0 Å². The monoisotopic (exact) mass is 297 g/mol. The van der Waals surface area contributed by atoms with Crippen LogP contribution in [-0.4, -0.2) is 20.0 Å². The molecule has 0 heterocycles. The summed E-state index contributed by atoms with van der Waals surface area (Å²) in [4.78, 5) is 12.2. The third-order valence-corrected chi connectivity index (χ3v) is 3.15. The number of carbonyl (C=O) groups is 1. The van der Waals surface area contributed by atoms with Gasteiger partial charge in [-0.05, 0) is 55.5 Å². The Morgan fingerprint density at radius 3 is 1.91 bits per heavy atom. The summed E-state index contributed by atoms with van der Waals surface area (Å²) < 4.78 is 10.2. The molecule has 4 nitrogen and oxygen atoms in total. The van der Waals surface area contributed by atoms with Crippen molar-refractivity contribution < 1.29 is 14.3 Å². The SMILES string of the molecule is COc1ccc(N/C(C)=C/C(=O)c2ccc(OC)cc2)cc1. The van der Waals surface area contributed by atoms with Crippen LogP contribution in [0.5, 0.6) is 11.5 Å². The Kier molecular flexibility index (Phi) is 5.20. The summed E-state index contributed by atoms with van der Waals surface area (Å²) in [7, 11) is 3.22. The van der Waals surface area contributed by atoms with Crippen LogP contribution in [0.25, 0.3) is 0 Å². The highest BCUT2D eigenvalue weighted by Gasteiger charge is 2.04. The second kappa shape index (κ2) is 7.31. The predicted molar refractivity (Wildman–Crippen MR) is 87.7 cm³/mol. The van der Waals surface area contributed by atoms with Crippen molar-refractivity contribution in [3.8, 4) is 11.5 Å². The van der Waals surface area contributed by atoms with Gasteiger partial charge in [0.1, 0.15) is 11.5 Å². The third-order valence-electron chi connectivity index (χ3n) is 3.15. The molecule has 4 heteroatoms. The highest BCUT2D eigenvalue weighted by atomic mass is 16.5. The van der Waals surface area contributed by atoms with Gasteiger partial charge in [0.2, 0.25) is 0 Å². The minimum absolute atomic E-state index is 0.0545. The minimum atomic E-state index is -0.0545. The van der Waals surface area contributed by atoms with E-state index in [0.29, 0.717) is 5.56 Å². The molecule has 2 rings (SSSR count). The smallest absolute Gasteiger partial charge is 0.187 e. The lowest BCUT2D eigenvalue weighted by Crippen LogP contribution is -2.01. The molecule has 0 aliphatic carbocycles. The first-order valence-electron chi connectivity index (χ1n) is 6.90. The molecule has 0 spiro atoms. The fourth-order valence-electron chi connectivity index (χ4n) is 1.97. The maximum atomic E-state index is 12.2. The van der Waals surface area contributed by atoms with Crippen LogP contribution in [0.4, 0.5) is 5.69 Å². The van der Waals surface area contributed by atoms with Crippen molar-refractivity contribution >= 4 is 11.5 Å². The van der Waals surface area contributed by atoms with E-state index in [2.05, 4.69) is 5.32 Å². The Hall–Kier alpha value is -2.75. The Bertz CT molecular complexity index is 658. The van der Waals surface area contributed by atoms with Crippen LogP contribution in [0.15, 0.2) is 60.3 Å². The zero-order valence-corrected chi connectivity index (χ0v) is 12.9. The zero-order valence-electron chi connectivity index (χ0n) is 12.9. The van der Waals surface area contributed by atoms with Crippen LogP contribution >= 0.6 is 0 Å². The lowest BCUT2D eigenvalue weighted by molar-refractivity contribution is 0.104. The number of hydrogen-bond donors (Lipinski definition) is 1. The zero-order chi connectivity index (χ0) is 15.9. The first kappa shape index (κ1) is 15.6. The van der Waals surface area contributed by atoms with E-state index in [1.165, 1.54) is 0 Å². The number of carbonyl (C=O) groups excluding carboxylic acids is 1. The quantitative estimate of drug-likeness (QED) is 0.649. The molecule has 0 amide bonds. The van der Waals surface area contributed by atoms with Crippen molar-refractivity contribution in [2.24, 2.45) is 0 Å². The number of nitrogens with one attached hydrogen (secondary N) is 1. The summed E-state index contributed by atoms with van der Waals surface area (Å²) in [6.45, 7) is 1.85. The van der Waals surface area contributed by atoms with Gasteiger partial charge in [0.05, 0.1) is 14.2 Å². The number of rotatable bonds is 6. The summed E-state index contributed by atoms with van der Waals surface area (Å²) in [5.41, 5.74) is 2.29. The lowest BCUT2D eigenvalue weighted by Gasteiger charge is -2.07. The molecule has 0 bridgehead atoms. The van der Waals surface area contributed by atoms with E-state index in [1.807, 2.05) is 31.2 Å². The number of methoxy groups -OCH3 is 2. The molecule has 0 aliphatic heterocycles. The molecule has 0 atom stereocenters. The molecule has 0 aromatic heterocycles. The Balaban J connectivity index is 2.04. The van der Waals surface area contributed by atoms with Gasteiger partial charge in [-0.15, -0.1) is 0 Å². The molecular formula is C18H19NO3. The maximum absolute atomic E-state index is 12.2. The Morgan fingerprint density at radius 2 is 1.41 bits per heavy atom. The molecule has 2 aromatic rings. The first-order valence-corrected chi connectivity index (χ1v) is 6.90. The maximum Gasteiger partial charge on any atom is 0.187 e.